The van der Waals surface area contributed by atoms with Gasteiger partial charge in [-0.25, -0.2) is 8.78 Å². The van der Waals surface area contributed by atoms with E-state index in [0.717, 1.165) is 11.1 Å². The van der Waals surface area contributed by atoms with Crippen molar-refractivity contribution in [2.75, 3.05) is 32.8 Å². The van der Waals surface area contributed by atoms with Gasteiger partial charge in [0.15, 0.2) is 0 Å². The second kappa shape index (κ2) is 7.49. The lowest BCUT2D eigenvalue weighted by molar-refractivity contribution is -0.119. The van der Waals surface area contributed by atoms with Crippen molar-refractivity contribution in [3.8, 4) is 0 Å². The number of hydrogen-bond donors (Lipinski definition) is 2. The number of aliphatic hydroxyl groups excluding tert-OH is 1. The van der Waals surface area contributed by atoms with E-state index in [9.17, 15) is 8.78 Å². The van der Waals surface area contributed by atoms with Gasteiger partial charge in [0.2, 0.25) is 0 Å². The van der Waals surface area contributed by atoms with Crippen LogP contribution in [0.2, 0.25) is 0 Å². The minimum Gasteiger partial charge on any atom is -0.390 e. The molecule has 0 aliphatic carbocycles. The second-order valence-electron chi connectivity index (χ2n) is 5.41. The molecule has 6 heteroatoms. The third-order valence-corrected chi connectivity index (χ3v) is 3.94. The normalized spacial score (nSPS) is 18.1. The first-order chi connectivity index (χ1) is 9.47. The van der Waals surface area contributed by atoms with Crippen molar-refractivity contribution >= 4 is 12.4 Å². The molecule has 1 aliphatic rings. The number of aliphatic hydroxyl groups is 1. The molecule has 1 heterocycles. The van der Waals surface area contributed by atoms with E-state index in [-0.39, 0.29) is 12.4 Å². The molecule has 1 atom stereocenters. The molecule has 2 rings (SSSR count). The number of nitrogens with zero attached hydrogens (tertiary/aromatic N) is 1. The molecule has 2 N–H and O–H groups in total. The lowest BCUT2D eigenvalue weighted by atomic mass is 9.90. The molecule has 1 aromatic carbocycles. The lowest BCUT2D eigenvalue weighted by Gasteiger charge is -2.40. The zero-order valence-electron chi connectivity index (χ0n) is 12.4. The third kappa shape index (κ3) is 3.92. The van der Waals surface area contributed by atoms with Gasteiger partial charge in [0.25, 0.3) is 5.92 Å². The van der Waals surface area contributed by atoms with Crippen LogP contribution in [0.25, 0.3) is 0 Å². The van der Waals surface area contributed by atoms with Crippen molar-refractivity contribution in [3.63, 3.8) is 0 Å². The van der Waals surface area contributed by atoms with Crippen LogP contribution in [0.3, 0.4) is 0 Å². The molecule has 21 heavy (non-hydrogen) atoms. The molecular formula is C15H23ClF2N2O. The molecule has 0 aromatic heterocycles. The predicted molar refractivity (Wildman–Crippen MR) is 82.4 cm³/mol. The van der Waals surface area contributed by atoms with Gasteiger partial charge in [0, 0.05) is 26.2 Å². The number of benzene rings is 1. The maximum atomic E-state index is 14.3. The van der Waals surface area contributed by atoms with Crippen LogP contribution in [0, 0.1) is 13.8 Å². The zero-order chi connectivity index (χ0) is 14.8. The SMILES string of the molecule is Cc1cccc(C)c1[C@@H](N1CCNCC1)C(F)(F)CO.Cl. The summed E-state index contributed by atoms with van der Waals surface area (Å²) in [5.41, 5.74) is 2.34. The van der Waals surface area contributed by atoms with E-state index in [1.165, 1.54) is 0 Å². The van der Waals surface area contributed by atoms with E-state index in [2.05, 4.69) is 5.32 Å². The van der Waals surface area contributed by atoms with E-state index < -0.39 is 18.6 Å². The fourth-order valence-electron chi connectivity index (χ4n) is 2.95. The molecule has 1 aromatic rings. The summed E-state index contributed by atoms with van der Waals surface area (Å²) in [6, 6.07) is 4.52. The highest BCUT2D eigenvalue weighted by molar-refractivity contribution is 5.85. The monoisotopic (exact) mass is 320 g/mol. The summed E-state index contributed by atoms with van der Waals surface area (Å²) in [5.74, 6) is -3.14. The molecule has 1 saturated heterocycles. The van der Waals surface area contributed by atoms with Gasteiger partial charge >= 0.3 is 0 Å². The Balaban J connectivity index is 0.00000220. The average Bonchev–Trinajstić information content (AvgIpc) is 2.43. The van der Waals surface area contributed by atoms with E-state index in [4.69, 9.17) is 5.11 Å². The Bertz CT molecular complexity index is 445. The number of halogens is 3. The summed E-state index contributed by atoms with van der Waals surface area (Å²) in [5, 5.41) is 12.3. The summed E-state index contributed by atoms with van der Waals surface area (Å²) in [6.07, 6.45) is 0. The Morgan fingerprint density at radius 2 is 1.76 bits per heavy atom. The largest absolute Gasteiger partial charge is 0.390 e. The summed E-state index contributed by atoms with van der Waals surface area (Å²) < 4.78 is 28.7. The van der Waals surface area contributed by atoms with Crippen LogP contribution in [-0.4, -0.2) is 48.7 Å². The molecule has 0 spiro atoms. The van der Waals surface area contributed by atoms with Gasteiger partial charge in [0.1, 0.15) is 12.6 Å². The Hall–Kier alpha value is -0.750. The predicted octanol–water partition coefficient (Wildman–Crippen LogP) is 2.30. The van der Waals surface area contributed by atoms with Crippen LogP contribution < -0.4 is 5.32 Å². The van der Waals surface area contributed by atoms with Gasteiger partial charge in [-0.3, -0.25) is 4.90 Å². The first kappa shape index (κ1) is 18.3. The van der Waals surface area contributed by atoms with Crippen LogP contribution in [0.15, 0.2) is 18.2 Å². The Morgan fingerprint density at radius 3 is 2.24 bits per heavy atom. The Labute approximate surface area is 130 Å². The van der Waals surface area contributed by atoms with Crippen LogP contribution in [0.4, 0.5) is 8.78 Å². The fraction of sp³-hybridized carbons (Fsp3) is 0.600. The minimum absolute atomic E-state index is 0. The minimum atomic E-state index is -3.14. The molecule has 0 radical (unpaired) electrons. The van der Waals surface area contributed by atoms with Crippen LogP contribution in [0.5, 0.6) is 0 Å². The molecule has 1 fully saturated rings. The number of rotatable bonds is 4. The number of alkyl halides is 2. The highest BCUT2D eigenvalue weighted by Crippen LogP contribution is 2.39. The van der Waals surface area contributed by atoms with Crippen LogP contribution in [-0.2, 0) is 0 Å². The zero-order valence-corrected chi connectivity index (χ0v) is 13.2. The lowest BCUT2D eigenvalue weighted by Crippen LogP contribution is -2.51. The van der Waals surface area contributed by atoms with Crippen LogP contribution in [0.1, 0.15) is 22.7 Å². The highest BCUT2D eigenvalue weighted by Gasteiger charge is 2.45. The number of aryl methyl sites for hydroxylation is 2. The van der Waals surface area contributed by atoms with Gasteiger partial charge in [-0.15, -0.1) is 12.4 Å². The molecule has 120 valence electrons. The standard InChI is InChI=1S/C15H22F2N2O.ClH/c1-11-4-3-5-12(2)13(11)14(15(16,17)10-20)19-8-6-18-7-9-19;/h3-5,14,18,20H,6-10H2,1-2H3;1H/t14-;/m1./s1. The molecule has 0 saturated carbocycles. The van der Waals surface area contributed by atoms with E-state index >= 15 is 0 Å². The molecule has 0 unspecified atom stereocenters. The van der Waals surface area contributed by atoms with Gasteiger partial charge in [-0.05, 0) is 30.5 Å². The van der Waals surface area contributed by atoms with Crippen molar-refractivity contribution in [1.29, 1.82) is 0 Å². The first-order valence-corrected chi connectivity index (χ1v) is 6.97. The van der Waals surface area contributed by atoms with Crippen molar-refractivity contribution in [2.24, 2.45) is 0 Å². The van der Waals surface area contributed by atoms with Gasteiger partial charge in [-0.1, -0.05) is 18.2 Å². The van der Waals surface area contributed by atoms with Crippen molar-refractivity contribution in [3.05, 3.63) is 34.9 Å². The molecule has 1 aliphatic heterocycles. The topological polar surface area (TPSA) is 35.5 Å². The molecule has 0 bridgehead atoms. The molecule has 0 amide bonds. The average molecular weight is 321 g/mol. The van der Waals surface area contributed by atoms with Crippen LogP contribution >= 0.6 is 12.4 Å². The van der Waals surface area contributed by atoms with E-state index in [1.54, 1.807) is 4.90 Å². The molecular weight excluding hydrogens is 298 g/mol. The summed E-state index contributed by atoms with van der Waals surface area (Å²) in [6.45, 7) is 5.10. The highest BCUT2D eigenvalue weighted by atomic mass is 35.5. The fourth-order valence-corrected chi connectivity index (χ4v) is 2.95. The third-order valence-electron chi connectivity index (χ3n) is 3.94. The van der Waals surface area contributed by atoms with Crippen molar-refractivity contribution < 1.29 is 13.9 Å². The van der Waals surface area contributed by atoms with Gasteiger partial charge in [-0.2, -0.15) is 0 Å². The van der Waals surface area contributed by atoms with Gasteiger partial charge < -0.3 is 10.4 Å². The number of hydrogen-bond acceptors (Lipinski definition) is 3. The maximum Gasteiger partial charge on any atom is 0.289 e. The number of nitrogens with one attached hydrogen (secondary N) is 1. The Kier molecular flexibility index (Phi) is 6.53. The van der Waals surface area contributed by atoms with E-state index in [0.29, 0.717) is 31.7 Å². The van der Waals surface area contributed by atoms with Gasteiger partial charge in [0.05, 0.1) is 0 Å². The van der Waals surface area contributed by atoms with Crippen molar-refractivity contribution in [2.45, 2.75) is 25.8 Å². The summed E-state index contributed by atoms with van der Waals surface area (Å²) in [4.78, 5) is 1.78. The smallest absolute Gasteiger partial charge is 0.289 e. The van der Waals surface area contributed by atoms with E-state index in [1.807, 2.05) is 32.0 Å². The number of piperazine rings is 1. The van der Waals surface area contributed by atoms with Crippen molar-refractivity contribution in [1.82, 2.24) is 10.2 Å². The maximum absolute atomic E-state index is 14.3. The first-order valence-electron chi connectivity index (χ1n) is 6.97. The Morgan fingerprint density at radius 1 is 1.24 bits per heavy atom. The summed E-state index contributed by atoms with van der Waals surface area (Å²) in [7, 11) is 0. The quantitative estimate of drug-likeness (QED) is 0.893. The molecule has 3 nitrogen and oxygen atoms in total. The summed E-state index contributed by atoms with van der Waals surface area (Å²) >= 11 is 0. The second-order valence-corrected chi connectivity index (χ2v) is 5.41.